The molecule has 2 aliphatic rings. The summed E-state index contributed by atoms with van der Waals surface area (Å²) in [4.78, 5) is 2.45. The number of likely N-dealkylation sites (N-methyl/N-ethyl adjacent to an activating group) is 1. The van der Waals surface area contributed by atoms with Crippen LogP contribution in [0.3, 0.4) is 0 Å². The topological polar surface area (TPSA) is 3.24 Å². The molecule has 0 radical (unpaired) electrons. The zero-order chi connectivity index (χ0) is 19.5. The van der Waals surface area contributed by atoms with Crippen molar-refractivity contribution in [3.8, 4) is 0 Å². The number of benzene rings is 2. The molecule has 2 heteroatoms. The highest BCUT2D eigenvalue weighted by Crippen LogP contribution is 2.52. The molecule has 0 aliphatic carbocycles. The van der Waals surface area contributed by atoms with Crippen LogP contribution in [-0.4, -0.2) is 31.7 Å². The fourth-order valence-electron chi connectivity index (χ4n) is 6.43. The second kappa shape index (κ2) is 8.86. The lowest BCUT2D eigenvalue weighted by Crippen LogP contribution is -2.46. The van der Waals surface area contributed by atoms with E-state index >= 15 is 0 Å². The van der Waals surface area contributed by atoms with Crippen molar-refractivity contribution in [2.45, 2.75) is 68.9 Å². The maximum absolute atomic E-state index is 2.45. The Balaban J connectivity index is 1.85. The maximum atomic E-state index is 2.45. The van der Waals surface area contributed by atoms with E-state index < -0.39 is 0 Å². The minimum atomic E-state index is 0.540. The molecule has 2 saturated heterocycles. The molecule has 2 aliphatic heterocycles. The third kappa shape index (κ3) is 3.94. The van der Waals surface area contributed by atoms with E-state index in [1.807, 2.05) is 0 Å². The lowest BCUT2D eigenvalue weighted by molar-refractivity contribution is 0.299. The van der Waals surface area contributed by atoms with Crippen LogP contribution in [0.5, 0.6) is 0 Å². The van der Waals surface area contributed by atoms with Gasteiger partial charge in [0.2, 0.25) is 0 Å². The van der Waals surface area contributed by atoms with E-state index in [9.17, 15) is 0 Å². The van der Waals surface area contributed by atoms with Crippen LogP contribution in [0.15, 0.2) is 60.7 Å². The number of hydrogen-bond donors (Lipinski definition) is 0. The van der Waals surface area contributed by atoms with E-state index in [0.29, 0.717) is 17.7 Å². The average molecular weight is 373 g/mol. The van der Waals surface area contributed by atoms with Gasteiger partial charge in [0.05, 0.1) is 0 Å². The van der Waals surface area contributed by atoms with Crippen molar-refractivity contribution >= 4 is 6.71 Å². The highest BCUT2D eigenvalue weighted by molar-refractivity contribution is 6.64. The largest absolute Gasteiger partial charge is 0.307 e. The van der Waals surface area contributed by atoms with Gasteiger partial charge in [-0.05, 0) is 38.6 Å². The van der Waals surface area contributed by atoms with E-state index in [-0.39, 0.29) is 0 Å². The monoisotopic (exact) mass is 373 g/mol. The van der Waals surface area contributed by atoms with Gasteiger partial charge in [0, 0.05) is 6.04 Å². The summed E-state index contributed by atoms with van der Waals surface area (Å²) in [5.41, 5.74) is 3.14. The fourth-order valence-corrected chi connectivity index (χ4v) is 6.43. The molecule has 1 nitrogen and oxygen atoms in total. The summed E-state index contributed by atoms with van der Waals surface area (Å²) in [6.07, 6.45) is 8.54. The van der Waals surface area contributed by atoms with Gasteiger partial charge in [0.25, 0.3) is 0 Å². The van der Waals surface area contributed by atoms with E-state index in [0.717, 1.165) is 18.4 Å². The molecule has 2 heterocycles. The van der Waals surface area contributed by atoms with Gasteiger partial charge in [-0.2, -0.15) is 0 Å². The second-order valence-electron chi connectivity index (χ2n) is 9.54. The zero-order valence-corrected chi connectivity index (χ0v) is 17.9. The van der Waals surface area contributed by atoms with Crippen LogP contribution in [0.1, 0.15) is 68.2 Å². The minimum absolute atomic E-state index is 0.540. The number of rotatable bonds is 5. The first-order valence-electron chi connectivity index (χ1n) is 11.4. The Morgan fingerprint density at radius 3 is 1.96 bits per heavy atom. The van der Waals surface area contributed by atoms with Crippen molar-refractivity contribution in [1.29, 1.82) is 0 Å². The van der Waals surface area contributed by atoms with Crippen molar-refractivity contribution < 1.29 is 0 Å². The molecule has 2 aromatic rings. The number of fused-ring (bicyclic) bond motifs is 3. The third-order valence-corrected chi connectivity index (χ3v) is 7.88. The molecule has 148 valence electrons. The smallest absolute Gasteiger partial charge is 0.161 e. The van der Waals surface area contributed by atoms with Crippen molar-refractivity contribution in [2.75, 3.05) is 14.1 Å². The van der Waals surface area contributed by atoms with Crippen LogP contribution >= 0.6 is 0 Å². The highest BCUT2D eigenvalue weighted by Gasteiger charge is 2.48. The SMILES string of the molecule is C[C@H]([C@H](B1C2CCCC(CCC2)C1c1ccccc1)c1ccccc1)N(C)C. The summed E-state index contributed by atoms with van der Waals surface area (Å²) < 4.78 is 0. The first kappa shape index (κ1) is 19.8. The summed E-state index contributed by atoms with van der Waals surface area (Å²) in [7, 11) is 4.53. The summed E-state index contributed by atoms with van der Waals surface area (Å²) in [5, 5.41) is 0. The normalized spacial score (nSPS) is 27.3. The standard InChI is InChI=1S/C26H36BN/c1-20(28(2)3)25(21-12-6-4-7-13-21)27-24-18-10-16-23(17-11-19-24)26(27)22-14-8-5-9-15-22/h4-9,12-15,20,23-26H,10-11,16-19H2,1-3H3/t20-,23?,24?,25+,26?/m1/s1. The van der Waals surface area contributed by atoms with E-state index in [1.54, 1.807) is 11.1 Å². The van der Waals surface area contributed by atoms with E-state index in [1.165, 1.54) is 38.5 Å². The Labute approximate surface area is 172 Å². The minimum Gasteiger partial charge on any atom is -0.307 e. The molecule has 0 spiro atoms. The van der Waals surface area contributed by atoms with Crippen molar-refractivity contribution in [3.05, 3.63) is 71.8 Å². The molecule has 0 amide bonds. The van der Waals surface area contributed by atoms with Gasteiger partial charge < -0.3 is 4.90 Å². The molecule has 2 fully saturated rings. The molecule has 0 aromatic heterocycles. The van der Waals surface area contributed by atoms with Gasteiger partial charge in [-0.15, -0.1) is 0 Å². The molecule has 2 aromatic carbocycles. The Morgan fingerprint density at radius 1 is 0.821 bits per heavy atom. The summed E-state index contributed by atoms with van der Waals surface area (Å²) in [5.74, 6) is 2.99. The lowest BCUT2D eigenvalue weighted by atomic mass is 9.24. The Hall–Kier alpha value is -1.54. The second-order valence-corrected chi connectivity index (χ2v) is 9.54. The van der Waals surface area contributed by atoms with Gasteiger partial charge in [-0.3, -0.25) is 0 Å². The Morgan fingerprint density at radius 2 is 1.39 bits per heavy atom. The van der Waals surface area contributed by atoms with Crippen LogP contribution in [0.2, 0.25) is 5.82 Å². The molecule has 4 rings (SSSR count). The zero-order valence-electron chi connectivity index (χ0n) is 17.9. The predicted molar refractivity (Wildman–Crippen MR) is 122 cm³/mol. The maximum Gasteiger partial charge on any atom is 0.161 e. The van der Waals surface area contributed by atoms with Crippen molar-refractivity contribution in [1.82, 2.24) is 4.90 Å². The summed E-state index contributed by atoms with van der Waals surface area (Å²) in [6, 6.07) is 23.5. The molecule has 0 saturated carbocycles. The van der Waals surface area contributed by atoms with E-state index in [2.05, 4.69) is 86.6 Å². The summed E-state index contributed by atoms with van der Waals surface area (Å²) >= 11 is 0. The third-order valence-electron chi connectivity index (χ3n) is 7.88. The Kier molecular flexibility index (Phi) is 6.26. The molecule has 28 heavy (non-hydrogen) atoms. The lowest BCUT2D eigenvalue weighted by Gasteiger charge is -2.41. The Bertz CT molecular complexity index is 719. The molecular formula is C26H36BN. The van der Waals surface area contributed by atoms with Crippen LogP contribution < -0.4 is 0 Å². The number of nitrogens with zero attached hydrogens (tertiary/aromatic N) is 1. The van der Waals surface area contributed by atoms with Crippen LogP contribution in [-0.2, 0) is 0 Å². The van der Waals surface area contributed by atoms with Crippen molar-refractivity contribution in [3.63, 3.8) is 0 Å². The van der Waals surface area contributed by atoms with Crippen LogP contribution in [0.25, 0.3) is 0 Å². The highest BCUT2D eigenvalue weighted by atomic mass is 15.1. The average Bonchev–Trinajstić information content (AvgIpc) is 2.98. The molecule has 3 atom stereocenters. The molecule has 0 N–H and O–H groups in total. The quantitative estimate of drug-likeness (QED) is 0.546. The molecular weight excluding hydrogens is 337 g/mol. The molecule has 1 unspecified atom stereocenters. The van der Waals surface area contributed by atoms with Gasteiger partial charge in [-0.25, -0.2) is 0 Å². The first-order chi connectivity index (χ1) is 13.7. The van der Waals surface area contributed by atoms with E-state index in [4.69, 9.17) is 0 Å². The number of hydrogen-bond acceptors (Lipinski definition) is 1. The van der Waals surface area contributed by atoms with Gasteiger partial charge in [0.15, 0.2) is 6.71 Å². The first-order valence-corrected chi connectivity index (χ1v) is 11.4. The van der Waals surface area contributed by atoms with Gasteiger partial charge in [-0.1, -0.05) is 116 Å². The van der Waals surface area contributed by atoms with Gasteiger partial charge in [0.1, 0.15) is 0 Å². The van der Waals surface area contributed by atoms with Crippen molar-refractivity contribution in [2.24, 2.45) is 5.92 Å². The fraction of sp³-hybridized carbons (Fsp3) is 0.538. The molecule has 2 bridgehead atoms. The van der Waals surface area contributed by atoms with Crippen LogP contribution in [0.4, 0.5) is 0 Å². The predicted octanol–water partition coefficient (Wildman–Crippen LogP) is 6.43. The van der Waals surface area contributed by atoms with Crippen LogP contribution in [0, 0.1) is 5.92 Å². The summed E-state index contributed by atoms with van der Waals surface area (Å²) in [6.45, 7) is 3.19. The van der Waals surface area contributed by atoms with Gasteiger partial charge >= 0.3 is 0 Å².